The zero-order valence-electron chi connectivity index (χ0n) is 13.8. The first kappa shape index (κ1) is 18.9. The Kier molecular flexibility index (Phi) is 4.93. The lowest BCUT2D eigenvalue weighted by molar-refractivity contribution is -0.143. The number of nitrogens with zero attached hydrogens (tertiary/aromatic N) is 2. The fourth-order valence-electron chi connectivity index (χ4n) is 2.52. The highest BCUT2D eigenvalue weighted by atomic mass is 35.5. The standard InChI is InChI=1S/C18H12ClF4N3O/c1-10-5-6-14(20)15(7-10)25-17(27)13-9-24-26(16(13)18(21,22)23)12-4-2-3-11(19)8-12/h2-9H,1H3,(H,25,27). The lowest BCUT2D eigenvalue weighted by Crippen LogP contribution is -2.21. The highest BCUT2D eigenvalue weighted by Crippen LogP contribution is 2.34. The van der Waals surface area contributed by atoms with Gasteiger partial charge in [0.25, 0.3) is 5.91 Å². The highest BCUT2D eigenvalue weighted by molar-refractivity contribution is 6.30. The number of aromatic nitrogens is 2. The number of anilines is 1. The Morgan fingerprint density at radius 2 is 1.93 bits per heavy atom. The van der Waals surface area contributed by atoms with E-state index in [1.54, 1.807) is 6.92 Å². The van der Waals surface area contributed by atoms with Crippen LogP contribution in [0.5, 0.6) is 0 Å². The maximum atomic E-state index is 13.8. The number of hydrogen-bond donors (Lipinski definition) is 1. The highest BCUT2D eigenvalue weighted by Gasteiger charge is 2.40. The molecule has 0 aliphatic carbocycles. The summed E-state index contributed by atoms with van der Waals surface area (Å²) in [7, 11) is 0. The molecule has 0 unspecified atom stereocenters. The Bertz CT molecular complexity index is 1010. The van der Waals surface area contributed by atoms with E-state index in [4.69, 9.17) is 11.6 Å². The smallest absolute Gasteiger partial charge is 0.319 e. The largest absolute Gasteiger partial charge is 0.434 e. The number of halogens is 5. The first-order valence-electron chi connectivity index (χ1n) is 7.65. The molecule has 140 valence electrons. The van der Waals surface area contributed by atoms with Gasteiger partial charge in [0.15, 0.2) is 5.69 Å². The predicted octanol–water partition coefficient (Wildman–Crippen LogP) is 5.24. The second-order valence-electron chi connectivity index (χ2n) is 5.73. The van der Waals surface area contributed by atoms with Crippen LogP contribution in [0.4, 0.5) is 23.2 Å². The molecule has 3 rings (SSSR count). The molecule has 1 N–H and O–H groups in total. The van der Waals surface area contributed by atoms with Crippen LogP contribution in [0.1, 0.15) is 21.6 Å². The minimum absolute atomic E-state index is 0.0376. The number of rotatable bonds is 3. The maximum Gasteiger partial charge on any atom is 0.434 e. The Labute approximate surface area is 156 Å². The number of carbonyl (C=O) groups is 1. The van der Waals surface area contributed by atoms with Crippen LogP contribution in [0.3, 0.4) is 0 Å². The van der Waals surface area contributed by atoms with Gasteiger partial charge in [0.05, 0.1) is 23.1 Å². The Balaban J connectivity index is 2.05. The SMILES string of the molecule is Cc1ccc(F)c(NC(=O)c2cnn(-c3cccc(Cl)c3)c2C(F)(F)F)c1. The number of aryl methyl sites for hydroxylation is 1. The Morgan fingerprint density at radius 3 is 2.59 bits per heavy atom. The van der Waals surface area contributed by atoms with Gasteiger partial charge in [-0.2, -0.15) is 18.3 Å². The number of carbonyl (C=O) groups excluding carboxylic acids is 1. The normalized spacial score (nSPS) is 11.5. The average Bonchev–Trinajstić information content (AvgIpc) is 3.04. The molecule has 27 heavy (non-hydrogen) atoms. The number of alkyl halides is 3. The van der Waals surface area contributed by atoms with Crippen LogP contribution < -0.4 is 5.32 Å². The third kappa shape index (κ3) is 3.95. The third-order valence-electron chi connectivity index (χ3n) is 3.71. The molecule has 0 saturated heterocycles. The van der Waals surface area contributed by atoms with E-state index in [0.717, 1.165) is 12.3 Å². The number of amides is 1. The van der Waals surface area contributed by atoms with Crippen molar-refractivity contribution in [1.82, 2.24) is 9.78 Å². The van der Waals surface area contributed by atoms with Gasteiger partial charge >= 0.3 is 6.18 Å². The molecule has 0 fully saturated rings. The van der Waals surface area contributed by atoms with E-state index >= 15 is 0 Å². The van der Waals surface area contributed by atoms with Crippen LogP contribution >= 0.6 is 11.6 Å². The summed E-state index contributed by atoms with van der Waals surface area (Å²) >= 11 is 5.83. The van der Waals surface area contributed by atoms with Gasteiger partial charge < -0.3 is 5.32 Å². The molecule has 2 aromatic carbocycles. The van der Waals surface area contributed by atoms with Gasteiger partial charge in [-0.15, -0.1) is 0 Å². The van der Waals surface area contributed by atoms with E-state index in [1.807, 2.05) is 0 Å². The van der Waals surface area contributed by atoms with Crippen LogP contribution in [-0.2, 0) is 6.18 Å². The van der Waals surface area contributed by atoms with E-state index in [1.165, 1.54) is 36.4 Å². The first-order chi connectivity index (χ1) is 12.7. The van der Waals surface area contributed by atoms with Crippen LogP contribution in [0.2, 0.25) is 5.02 Å². The average molecular weight is 398 g/mol. The van der Waals surface area contributed by atoms with E-state index in [9.17, 15) is 22.4 Å². The van der Waals surface area contributed by atoms with E-state index in [-0.39, 0.29) is 16.4 Å². The summed E-state index contributed by atoms with van der Waals surface area (Å²) in [5, 5.41) is 6.05. The van der Waals surface area contributed by atoms with Gasteiger partial charge in [-0.05, 0) is 42.8 Å². The molecule has 1 heterocycles. The maximum absolute atomic E-state index is 13.8. The van der Waals surface area contributed by atoms with Gasteiger partial charge in [0, 0.05) is 5.02 Å². The molecular formula is C18H12ClF4N3O. The van der Waals surface area contributed by atoms with Crippen LogP contribution in [-0.4, -0.2) is 15.7 Å². The van der Waals surface area contributed by atoms with Crippen molar-refractivity contribution in [3.05, 3.63) is 76.3 Å². The molecule has 0 saturated carbocycles. The van der Waals surface area contributed by atoms with Gasteiger partial charge in [-0.25, -0.2) is 9.07 Å². The van der Waals surface area contributed by atoms with Gasteiger partial charge in [-0.3, -0.25) is 4.79 Å². The number of nitrogens with one attached hydrogen (secondary N) is 1. The lowest BCUT2D eigenvalue weighted by Gasteiger charge is -2.13. The molecule has 0 spiro atoms. The monoisotopic (exact) mass is 397 g/mol. The second kappa shape index (κ2) is 7.03. The Hall–Kier alpha value is -2.87. The molecule has 1 aromatic heterocycles. The summed E-state index contributed by atoms with van der Waals surface area (Å²) in [5.41, 5.74) is -1.56. The second-order valence-corrected chi connectivity index (χ2v) is 6.17. The number of hydrogen-bond acceptors (Lipinski definition) is 2. The van der Waals surface area contributed by atoms with Crippen molar-refractivity contribution in [3.63, 3.8) is 0 Å². The van der Waals surface area contributed by atoms with Crippen molar-refractivity contribution in [3.8, 4) is 5.69 Å². The molecule has 9 heteroatoms. The summed E-state index contributed by atoms with van der Waals surface area (Å²) in [4.78, 5) is 12.4. The minimum Gasteiger partial charge on any atom is -0.319 e. The zero-order valence-corrected chi connectivity index (χ0v) is 14.6. The summed E-state index contributed by atoms with van der Waals surface area (Å²) in [6.45, 7) is 1.66. The minimum atomic E-state index is -4.88. The summed E-state index contributed by atoms with van der Waals surface area (Å²) < 4.78 is 55.3. The molecular weight excluding hydrogens is 386 g/mol. The van der Waals surface area contributed by atoms with Crippen molar-refractivity contribution >= 4 is 23.2 Å². The number of benzene rings is 2. The lowest BCUT2D eigenvalue weighted by atomic mass is 10.2. The predicted molar refractivity (Wildman–Crippen MR) is 92.7 cm³/mol. The molecule has 0 aliphatic heterocycles. The van der Waals surface area contributed by atoms with Gasteiger partial charge in [0.1, 0.15) is 5.82 Å². The van der Waals surface area contributed by atoms with Gasteiger partial charge in [-0.1, -0.05) is 23.7 Å². The zero-order chi connectivity index (χ0) is 19.8. The van der Waals surface area contributed by atoms with E-state index in [0.29, 0.717) is 10.2 Å². The molecule has 3 aromatic rings. The first-order valence-corrected chi connectivity index (χ1v) is 8.03. The topological polar surface area (TPSA) is 46.9 Å². The molecule has 4 nitrogen and oxygen atoms in total. The molecule has 0 atom stereocenters. The van der Waals surface area contributed by atoms with E-state index < -0.39 is 29.2 Å². The van der Waals surface area contributed by atoms with E-state index in [2.05, 4.69) is 10.4 Å². The molecule has 0 aliphatic rings. The van der Waals surface area contributed by atoms with Crippen LogP contribution in [0, 0.1) is 12.7 Å². The van der Waals surface area contributed by atoms with Crippen molar-refractivity contribution in [1.29, 1.82) is 0 Å². The molecule has 0 radical (unpaired) electrons. The van der Waals surface area contributed by atoms with Crippen molar-refractivity contribution in [2.45, 2.75) is 13.1 Å². The third-order valence-corrected chi connectivity index (χ3v) is 3.94. The van der Waals surface area contributed by atoms with Crippen molar-refractivity contribution < 1.29 is 22.4 Å². The van der Waals surface area contributed by atoms with Crippen molar-refractivity contribution in [2.24, 2.45) is 0 Å². The van der Waals surface area contributed by atoms with Crippen LogP contribution in [0.25, 0.3) is 5.69 Å². The fraction of sp³-hybridized carbons (Fsp3) is 0.111. The molecule has 0 bridgehead atoms. The Morgan fingerprint density at radius 1 is 1.19 bits per heavy atom. The molecule has 1 amide bonds. The summed E-state index contributed by atoms with van der Waals surface area (Å²) in [6, 6.07) is 9.52. The summed E-state index contributed by atoms with van der Waals surface area (Å²) in [5.74, 6) is -1.88. The van der Waals surface area contributed by atoms with Gasteiger partial charge in [0.2, 0.25) is 0 Å². The fourth-order valence-corrected chi connectivity index (χ4v) is 2.70. The van der Waals surface area contributed by atoms with Crippen molar-refractivity contribution in [2.75, 3.05) is 5.32 Å². The van der Waals surface area contributed by atoms with Crippen LogP contribution in [0.15, 0.2) is 48.7 Å². The summed E-state index contributed by atoms with van der Waals surface area (Å²) in [6.07, 6.45) is -4.09. The quantitative estimate of drug-likeness (QED) is 0.614.